The average molecular weight is 310 g/mol. The zero-order valence-electron chi connectivity index (χ0n) is 13.0. The van der Waals surface area contributed by atoms with E-state index in [4.69, 9.17) is 21.1 Å². The van der Waals surface area contributed by atoms with Crippen molar-refractivity contribution >= 4 is 17.7 Å². The molecular weight excluding hydrogens is 286 g/mol. The summed E-state index contributed by atoms with van der Waals surface area (Å²) >= 11 is 6.32. The second kappa shape index (κ2) is 7.71. The lowest BCUT2D eigenvalue weighted by Gasteiger charge is -2.15. The highest BCUT2D eigenvalue weighted by Gasteiger charge is 2.15. The number of fused-ring (bicyclic) bond motifs is 1. The Morgan fingerprint density at radius 2 is 2.14 bits per heavy atom. The minimum atomic E-state index is 0.347. The minimum absolute atomic E-state index is 0.347. The SMILES string of the molecule is CCCNC(C)/C(C)=C/c1cc(Cl)c2c(c1)OCCCO2. The largest absolute Gasteiger partial charge is 0.489 e. The summed E-state index contributed by atoms with van der Waals surface area (Å²) in [6.45, 7) is 8.82. The summed E-state index contributed by atoms with van der Waals surface area (Å²) in [7, 11) is 0. The molecule has 1 aliphatic rings. The van der Waals surface area contributed by atoms with Crippen molar-refractivity contribution in [1.29, 1.82) is 0 Å². The van der Waals surface area contributed by atoms with Gasteiger partial charge in [-0.05, 0) is 44.5 Å². The van der Waals surface area contributed by atoms with E-state index in [9.17, 15) is 0 Å². The molecule has 0 bridgehead atoms. The maximum absolute atomic E-state index is 6.32. The highest BCUT2D eigenvalue weighted by molar-refractivity contribution is 6.32. The first-order chi connectivity index (χ1) is 10.1. The Morgan fingerprint density at radius 3 is 2.90 bits per heavy atom. The number of halogens is 1. The quantitative estimate of drug-likeness (QED) is 0.880. The minimum Gasteiger partial charge on any atom is -0.489 e. The molecule has 3 nitrogen and oxygen atoms in total. The first-order valence-electron chi connectivity index (χ1n) is 7.62. The third-order valence-electron chi connectivity index (χ3n) is 3.60. The van der Waals surface area contributed by atoms with Gasteiger partial charge in [0, 0.05) is 12.5 Å². The number of hydrogen-bond acceptors (Lipinski definition) is 3. The predicted molar refractivity (Wildman–Crippen MR) is 88.5 cm³/mol. The Balaban J connectivity index is 2.20. The Morgan fingerprint density at radius 1 is 1.38 bits per heavy atom. The van der Waals surface area contributed by atoms with Crippen molar-refractivity contribution in [1.82, 2.24) is 5.32 Å². The van der Waals surface area contributed by atoms with Crippen molar-refractivity contribution < 1.29 is 9.47 Å². The molecule has 0 saturated carbocycles. The molecule has 0 amide bonds. The van der Waals surface area contributed by atoms with Gasteiger partial charge in [-0.1, -0.05) is 30.2 Å². The lowest BCUT2D eigenvalue weighted by molar-refractivity contribution is 0.297. The second-order valence-corrected chi connectivity index (χ2v) is 5.85. The van der Waals surface area contributed by atoms with Crippen molar-refractivity contribution in [3.8, 4) is 11.5 Å². The molecule has 4 heteroatoms. The van der Waals surface area contributed by atoms with Crippen LogP contribution < -0.4 is 14.8 Å². The van der Waals surface area contributed by atoms with Crippen LogP contribution in [0.1, 0.15) is 39.2 Å². The van der Waals surface area contributed by atoms with Crippen LogP contribution >= 0.6 is 11.6 Å². The molecule has 0 spiro atoms. The molecule has 2 rings (SSSR count). The van der Waals surface area contributed by atoms with Gasteiger partial charge in [0.15, 0.2) is 11.5 Å². The van der Waals surface area contributed by atoms with Gasteiger partial charge in [0.1, 0.15) is 0 Å². The van der Waals surface area contributed by atoms with Gasteiger partial charge in [0.2, 0.25) is 0 Å². The maximum atomic E-state index is 6.32. The molecule has 21 heavy (non-hydrogen) atoms. The molecule has 116 valence electrons. The monoisotopic (exact) mass is 309 g/mol. The molecule has 0 aromatic heterocycles. The van der Waals surface area contributed by atoms with E-state index in [0.29, 0.717) is 30.0 Å². The number of nitrogens with one attached hydrogen (secondary N) is 1. The fourth-order valence-electron chi connectivity index (χ4n) is 2.24. The van der Waals surface area contributed by atoms with Crippen LogP contribution in [0.3, 0.4) is 0 Å². The van der Waals surface area contributed by atoms with Gasteiger partial charge >= 0.3 is 0 Å². The lowest BCUT2D eigenvalue weighted by Crippen LogP contribution is -2.27. The Kier molecular flexibility index (Phi) is 5.95. The Bertz CT molecular complexity index is 514. The second-order valence-electron chi connectivity index (χ2n) is 5.44. The molecule has 1 aromatic rings. The number of benzene rings is 1. The molecule has 1 heterocycles. The van der Waals surface area contributed by atoms with Crippen molar-refractivity contribution in [2.45, 2.75) is 39.7 Å². The first-order valence-corrected chi connectivity index (χ1v) is 8.00. The van der Waals surface area contributed by atoms with Crippen LogP contribution in [0, 0.1) is 0 Å². The van der Waals surface area contributed by atoms with E-state index in [1.165, 1.54) is 5.57 Å². The van der Waals surface area contributed by atoms with Gasteiger partial charge in [-0.3, -0.25) is 0 Å². The van der Waals surface area contributed by atoms with Gasteiger partial charge in [-0.2, -0.15) is 0 Å². The standard InChI is InChI=1S/C17H24ClNO2/c1-4-6-19-13(3)12(2)9-14-10-15(18)17-16(11-14)20-7-5-8-21-17/h9-11,13,19H,4-8H2,1-3H3/b12-9+. The molecule has 1 unspecified atom stereocenters. The number of hydrogen-bond donors (Lipinski definition) is 1. The Hall–Kier alpha value is -1.19. The fraction of sp³-hybridized carbons (Fsp3) is 0.529. The summed E-state index contributed by atoms with van der Waals surface area (Å²) in [6, 6.07) is 4.29. The van der Waals surface area contributed by atoms with Crippen molar-refractivity contribution in [3.63, 3.8) is 0 Å². The Labute approximate surface area is 132 Å². The van der Waals surface area contributed by atoms with Crippen LogP contribution in [0.15, 0.2) is 17.7 Å². The van der Waals surface area contributed by atoms with Gasteiger partial charge in [0.05, 0.1) is 18.2 Å². The molecule has 1 N–H and O–H groups in total. The summed E-state index contributed by atoms with van der Waals surface area (Å²) in [5.74, 6) is 1.41. The van der Waals surface area contributed by atoms with Crippen molar-refractivity contribution in [2.75, 3.05) is 19.8 Å². The van der Waals surface area contributed by atoms with Crippen LogP contribution in [0.5, 0.6) is 11.5 Å². The van der Waals surface area contributed by atoms with Crippen LogP contribution in [0.25, 0.3) is 6.08 Å². The highest BCUT2D eigenvalue weighted by Crippen LogP contribution is 2.38. The van der Waals surface area contributed by atoms with E-state index in [1.807, 2.05) is 12.1 Å². The van der Waals surface area contributed by atoms with Gasteiger partial charge in [-0.25, -0.2) is 0 Å². The van der Waals surface area contributed by atoms with Gasteiger partial charge in [0.25, 0.3) is 0 Å². The fourth-order valence-corrected chi connectivity index (χ4v) is 2.52. The van der Waals surface area contributed by atoms with Crippen LogP contribution in [-0.4, -0.2) is 25.8 Å². The average Bonchev–Trinajstić information content (AvgIpc) is 2.70. The molecule has 1 aromatic carbocycles. The predicted octanol–water partition coefficient (Wildman–Crippen LogP) is 4.29. The van der Waals surface area contributed by atoms with Crippen molar-refractivity contribution in [2.24, 2.45) is 0 Å². The summed E-state index contributed by atoms with van der Waals surface area (Å²) in [5.41, 5.74) is 2.32. The molecule has 1 aliphatic heterocycles. The summed E-state index contributed by atoms with van der Waals surface area (Å²) in [5, 5.41) is 4.10. The molecule has 0 fully saturated rings. The van der Waals surface area contributed by atoms with Crippen LogP contribution in [-0.2, 0) is 0 Å². The number of ether oxygens (including phenoxy) is 2. The van der Waals surface area contributed by atoms with Crippen molar-refractivity contribution in [3.05, 3.63) is 28.3 Å². The lowest BCUT2D eigenvalue weighted by atomic mass is 10.1. The molecule has 0 aliphatic carbocycles. The smallest absolute Gasteiger partial charge is 0.179 e. The van der Waals surface area contributed by atoms with E-state index in [-0.39, 0.29) is 0 Å². The third-order valence-corrected chi connectivity index (χ3v) is 3.88. The zero-order valence-corrected chi connectivity index (χ0v) is 13.8. The molecule has 0 radical (unpaired) electrons. The molecule has 1 atom stereocenters. The highest BCUT2D eigenvalue weighted by atomic mass is 35.5. The van der Waals surface area contributed by atoms with Gasteiger partial charge in [-0.15, -0.1) is 0 Å². The normalized spacial score (nSPS) is 16.5. The van der Waals surface area contributed by atoms with E-state index in [1.54, 1.807) is 0 Å². The topological polar surface area (TPSA) is 30.5 Å². The van der Waals surface area contributed by atoms with Crippen LogP contribution in [0.2, 0.25) is 5.02 Å². The summed E-state index contributed by atoms with van der Waals surface area (Å²) < 4.78 is 11.4. The van der Waals surface area contributed by atoms with E-state index in [0.717, 1.165) is 30.7 Å². The van der Waals surface area contributed by atoms with Gasteiger partial charge < -0.3 is 14.8 Å². The molecule has 0 saturated heterocycles. The number of rotatable bonds is 5. The summed E-state index contributed by atoms with van der Waals surface area (Å²) in [6.07, 6.45) is 4.16. The maximum Gasteiger partial charge on any atom is 0.179 e. The van der Waals surface area contributed by atoms with E-state index in [2.05, 4.69) is 32.2 Å². The summed E-state index contributed by atoms with van der Waals surface area (Å²) in [4.78, 5) is 0. The molecular formula is C17H24ClNO2. The first kappa shape index (κ1) is 16.2. The van der Waals surface area contributed by atoms with Crippen LogP contribution in [0.4, 0.5) is 0 Å². The van der Waals surface area contributed by atoms with E-state index < -0.39 is 0 Å². The third kappa shape index (κ3) is 4.39. The van der Waals surface area contributed by atoms with E-state index >= 15 is 0 Å². The zero-order chi connectivity index (χ0) is 15.2.